The van der Waals surface area contributed by atoms with Crippen LogP contribution in [-0.2, 0) is 16.4 Å². The van der Waals surface area contributed by atoms with E-state index in [2.05, 4.69) is 16.3 Å². The first-order valence-corrected chi connectivity index (χ1v) is 10.5. The number of nitriles is 1. The summed E-state index contributed by atoms with van der Waals surface area (Å²) in [5.74, 6) is 0. The Kier molecular flexibility index (Phi) is 5.80. The molecule has 7 heteroatoms. The molecule has 0 aromatic heterocycles. The lowest BCUT2D eigenvalue weighted by molar-refractivity contribution is 0.199. The number of anilines is 1. The van der Waals surface area contributed by atoms with Crippen molar-refractivity contribution in [3.8, 4) is 6.07 Å². The van der Waals surface area contributed by atoms with Crippen LogP contribution >= 0.6 is 0 Å². The largest absolute Gasteiger partial charge is 0.367 e. The molecular formula is C20H24N4O2S. The van der Waals surface area contributed by atoms with E-state index < -0.39 is 15.6 Å². The quantitative estimate of drug-likeness (QED) is 0.796. The lowest BCUT2D eigenvalue weighted by atomic mass is 9.88. The third-order valence-corrected chi connectivity index (χ3v) is 5.98. The minimum absolute atomic E-state index is 0.134. The van der Waals surface area contributed by atoms with Crippen LogP contribution in [0.15, 0.2) is 59.5 Å². The second-order valence-corrected chi connectivity index (χ2v) is 8.53. The molecule has 0 saturated carbocycles. The number of sulfonamides is 1. The minimum atomic E-state index is -3.64. The molecule has 1 aliphatic rings. The monoisotopic (exact) mass is 384 g/mol. The normalized spacial score (nSPS) is 17.2. The van der Waals surface area contributed by atoms with Crippen molar-refractivity contribution >= 4 is 15.7 Å². The molecule has 0 unspecified atom stereocenters. The molecule has 0 amide bonds. The smallest absolute Gasteiger partial charge is 0.238 e. The van der Waals surface area contributed by atoms with Crippen molar-refractivity contribution in [3.05, 3.63) is 60.2 Å². The van der Waals surface area contributed by atoms with Gasteiger partial charge in [-0.05, 0) is 49.1 Å². The maximum atomic E-state index is 11.3. The molecule has 1 aliphatic heterocycles. The zero-order valence-corrected chi connectivity index (χ0v) is 16.0. The van der Waals surface area contributed by atoms with Crippen LogP contribution in [0.2, 0.25) is 0 Å². The van der Waals surface area contributed by atoms with Gasteiger partial charge in [0.05, 0.1) is 11.0 Å². The number of hydrogen-bond donors (Lipinski definition) is 2. The average molecular weight is 385 g/mol. The van der Waals surface area contributed by atoms with Gasteiger partial charge in [-0.1, -0.05) is 30.3 Å². The second-order valence-electron chi connectivity index (χ2n) is 6.97. The first kappa shape index (κ1) is 19.4. The molecule has 142 valence electrons. The SMILES string of the molecule is N#CC1(Nc2ccccc2)CCN(CCc2ccc(S(N)(=O)=O)cc2)CC1. The summed E-state index contributed by atoms with van der Waals surface area (Å²) in [7, 11) is -3.64. The maximum Gasteiger partial charge on any atom is 0.238 e. The van der Waals surface area contributed by atoms with Crippen molar-refractivity contribution in [1.82, 2.24) is 4.90 Å². The summed E-state index contributed by atoms with van der Waals surface area (Å²) in [4.78, 5) is 2.48. The lowest BCUT2D eigenvalue weighted by Gasteiger charge is -2.38. The highest BCUT2D eigenvalue weighted by Crippen LogP contribution is 2.26. The highest BCUT2D eigenvalue weighted by atomic mass is 32.2. The van der Waals surface area contributed by atoms with Crippen molar-refractivity contribution in [2.24, 2.45) is 5.14 Å². The van der Waals surface area contributed by atoms with Crippen LogP contribution in [0.25, 0.3) is 0 Å². The third kappa shape index (κ3) is 5.07. The predicted molar refractivity (Wildman–Crippen MR) is 106 cm³/mol. The molecule has 0 atom stereocenters. The van der Waals surface area contributed by atoms with Crippen molar-refractivity contribution in [2.75, 3.05) is 25.0 Å². The van der Waals surface area contributed by atoms with Crippen LogP contribution in [0.4, 0.5) is 5.69 Å². The predicted octanol–water partition coefficient (Wildman–Crippen LogP) is 2.35. The molecule has 1 fully saturated rings. The van der Waals surface area contributed by atoms with Gasteiger partial charge in [0.25, 0.3) is 0 Å². The fourth-order valence-corrected chi connectivity index (χ4v) is 3.87. The third-order valence-electron chi connectivity index (χ3n) is 5.05. The van der Waals surface area contributed by atoms with Crippen LogP contribution in [0.5, 0.6) is 0 Å². The molecule has 0 aliphatic carbocycles. The van der Waals surface area contributed by atoms with Gasteiger partial charge in [-0.25, -0.2) is 13.6 Å². The van der Waals surface area contributed by atoms with Crippen molar-refractivity contribution in [3.63, 3.8) is 0 Å². The minimum Gasteiger partial charge on any atom is -0.367 e. The highest BCUT2D eigenvalue weighted by molar-refractivity contribution is 7.89. The molecule has 2 aromatic rings. The highest BCUT2D eigenvalue weighted by Gasteiger charge is 2.34. The molecule has 0 spiro atoms. The molecule has 6 nitrogen and oxygen atoms in total. The fourth-order valence-electron chi connectivity index (χ4n) is 3.35. The summed E-state index contributed by atoms with van der Waals surface area (Å²) in [5, 5.41) is 18.2. The summed E-state index contributed by atoms with van der Waals surface area (Å²) >= 11 is 0. The van der Waals surface area contributed by atoms with Gasteiger partial charge in [-0.2, -0.15) is 5.26 Å². The number of benzene rings is 2. The van der Waals surface area contributed by atoms with E-state index in [4.69, 9.17) is 5.14 Å². The van der Waals surface area contributed by atoms with E-state index in [1.54, 1.807) is 24.3 Å². The molecular weight excluding hydrogens is 360 g/mol. The van der Waals surface area contributed by atoms with Crippen molar-refractivity contribution < 1.29 is 8.42 Å². The first-order chi connectivity index (χ1) is 12.9. The summed E-state index contributed by atoms with van der Waals surface area (Å²) in [6.07, 6.45) is 2.36. The summed E-state index contributed by atoms with van der Waals surface area (Å²) in [6, 6.07) is 19.0. The van der Waals surface area contributed by atoms with Crippen LogP contribution in [0, 0.1) is 11.3 Å². The molecule has 3 N–H and O–H groups in total. The van der Waals surface area contributed by atoms with Gasteiger partial charge in [0, 0.05) is 25.3 Å². The number of piperidine rings is 1. The Morgan fingerprint density at radius 3 is 2.26 bits per heavy atom. The van der Waals surface area contributed by atoms with Crippen LogP contribution in [0.3, 0.4) is 0 Å². The lowest BCUT2D eigenvalue weighted by Crippen LogP contribution is -2.48. The van der Waals surface area contributed by atoms with Gasteiger partial charge in [-0.15, -0.1) is 0 Å². The summed E-state index contributed by atoms with van der Waals surface area (Å²) in [5.41, 5.74) is 1.53. The Morgan fingerprint density at radius 2 is 1.70 bits per heavy atom. The molecule has 1 saturated heterocycles. The topological polar surface area (TPSA) is 99.2 Å². The van der Waals surface area contributed by atoms with Crippen LogP contribution in [-0.4, -0.2) is 38.5 Å². The number of nitrogens with zero attached hydrogens (tertiary/aromatic N) is 2. The van der Waals surface area contributed by atoms with E-state index in [1.165, 1.54) is 0 Å². The van der Waals surface area contributed by atoms with Gasteiger partial charge >= 0.3 is 0 Å². The Hall–Kier alpha value is -2.40. The van der Waals surface area contributed by atoms with E-state index in [1.807, 2.05) is 30.3 Å². The van der Waals surface area contributed by atoms with Gasteiger partial charge in [0.1, 0.15) is 5.54 Å². The van der Waals surface area contributed by atoms with Crippen molar-refractivity contribution in [1.29, 1.82) is 5.26 Å². The second kappa shape index (κ2) is 8.09. The van der Waals surface area contributed by atoms with E-state index >= 15 is 0 Å². The molecule has 0 radical (unpaired) electrons. The number of rotatable bonds is 6. The maximum absolute atomic E-state index is 11.3. The Morgan fingerprint density at radius 1 is 1.07 bits per heavy atom. The van der Waals surface area contributed by atoms with E-state index in [0.717, 1.165) is 50.1 Å². The van der Waals surface area contributed by atoms with Crippen LogP contribution in [0.1, 0.15) is 18.4 Å². The van der Waals surface area contributed by atoms with Gasteiger partial charge in [-0.3, -0.25) is 0 Å². The van der Waals surface area contributed by atoms with E-state index in [9.17, 15) is 13.7 Å². The Bertz CT molecular complexity index is 897. The standard InChI is InChI=1S/C20H24N4O2S/c21-16-20(23-18-4-2-1-3-5-18)11-14-24(15-12-20)13-10-17-6-8-19(9-7-17)27(22,25)26/h1-9,23H,10-15H2,(H2,22,25,26). The molecule has 0 bridgehead atoms. The molecule has 2 aromatic carbocycles. The zero-order chi connectivity index (χ0) is 19.3. The number of primary sulfonamides is 1. The number of nitrogens with one attached hydrogen (secondary N) is 1. The fraction of sp³-hybridized carbons (Fsp3) is 0.350. The van der Waals surface area contributed by atoms with Gasteiger partial charge in [0.15, 0.2) is 0 Å². The van der Waals surface area contributed by atoms with E-state index in [0.29, 0.717) is 0 Å². The summed E-state index contributed by atoms with van der Waals surface area (Å²) in [6.45, 7) is 2.58. The molecule has 1 heterocycles. The Balaban J connectivity index is 1.52. The average Bonchev–Trinajstić information content (AvgIpc) is 2.68. The van der Waals surface area contributed by atoms with Gasteiger partial charge < -0.3 is 10.2 Å². The van der Waals surface area contributed by atoms with Crippen molar-refractivity contribution in [2.45, 2.75) is 29.7 Å². The number of likely N-dealkylation sites (tertiary alicyclic amines) is 1. The number of nitrogens with two attached hydrogens (primary N) is 1. The van der Waals surface area contributed by atoms with Gasteiger partial charge in [0.2, 0.25) is 10.0 Å². The molecule has 3 rings (SSSR count). The number of hydrogen-bond acceptors (Lipinski definition) is 5. The van der Waals surface area contributed by atoms with Crippen LogP contribution < -0.4 is 10.5 Å². The zero-order valence-electron chi connectivity index (χ0n) is 15.1. The van der Waals surface area contributed by atoms with E-state index in [-0.39, 0.29) is 4.90 Å². The summed E-state index contributed by atoms with van der Waals surface area (Å²) < 4.78 is 22.6. The Labute approximate surface area is 160 Å². The first-order valence-electron chi connectivity index (χ1n) is 8.99. The molecule has 27 heavy (non-hydrogen) atoms. The number of para-hydroxylation sites is 1.